The van der Waals surface area contributed by atoms with Crippen molar-refractivity contribution in [2.24, 2.45) is 0 Å². The minimum absolute atomic E-state index is 0.0988. The summed E-state index contributed by atoms with van der Waals surface area (Å²) in [5.41, 5.74) is 2.96. The van der Waals surface area contributed by atoms with Crippen molar-refractivity contribution in [2.45, 2.75) is 44.8 Å². The summed E-state index contributed by atoms with van der Waals surface area (Å²) in [6, 6.07) is 7.50. The molecule has 0 aliphatic heterocycles. The lowest BCUT2D eigenvalue weighted by Crippen LogP contribution is -2.38. The lowest BCUT2D eigenvalue weighted by molar-refractivity contribution is 0.0906. The van der Waals surface area contributed by atoms with E-state index in [2.05, 4.69) is 22.6 Å². The summed E-state index contributed by atoms with van der Waals surface area (Å²) < 4.78 is 11.0. The molecule has 1 aliphatic carbocycles. The highest BCUT2D eigenvalue weighted by Crippen LogP contribution is 2.25. The highest BCUT2D eigenvalue weighted by Gasteiger charge is 2.17. The molecule has 0 spiro atoms. The van der Waals surface area contributed by atoms with Gasteiger partial charge in [-0.05, 0) is 67.4 Å². The van der Waals surface area contributed by atoms with Gasteiger partial charge in [-0.15, -0.1) is 0 Å². The fourth-order valence-corrected chi connectivity index (χ4v) is 3.69. The molecule has 0 bridgehead atoms. The maximum absolute atomic E-state index is 12.2. The second kappa shape index (κ2) is 9.80. The molecule has 0 saturated carbocycles. The summed E-state index contributed by atoms with van der Waals surface area (Å²) >= 11 is 1.67. The number of rotatable bonds is 9. The number of carbonyl (C=O) groups is 1. The summed E-state index contributed by atoms with van der Waals surface area (Å²) in [4.78, 5) is 12.2. The number of ether oxygens (including phenoxy) is 1. The number of thioether (sulfide) groups is 1. The molecular formula is C20H26N2O4S. The van der Waals surface area contributed by atoms with E-state index in [0.717, 1.165) is 24.3 Å². The van der Waals surface area contributed by atoms with Crippen molar-refractivity contribution in [1.82, 2.24) is 10.5 Å². The number of fused-ring (bicyclic) bond motifs is 1. The van der Waals surface area contributed by atoms with Crippen LogP contribution in [0.25, 0.3) is 0 Å². The molecule has 3 rings (SSSR count). The van der Waals surface area contributed by atoms with E-state index in [0.29, 0.717) is 12.2 Å². The second-order valence-electron chi connectivity index (χ2n) is 6.74. The average molecular weight is 391 g/mol. The molecule has 1 amide bonds. The van der Waals surface area contributed by atoms with Crippen LogP contribution in [0.5, 0.6) is 5.75 Å². The number of nitrogens with one attached hydrogen (secondary N) is 1. The number of carbonyl (C=O) groups excluding carboxylic acids is 1. The zero-order chi connectivity index (χ0) is 19.1. The van der Waals surface area contributed by atoms with Crippen LogP contribution in [-0.2, 0) is 19.4 Å². The lowest BCUT2D eigenvalue weighted by Gasteiger charge is -2.16. The molecule has 146 valence electrons. The van der Waals surface area contributed by atoms with E-state index in [1.54, 1.807) is 17.8 Å². The van der Waals surface area contributed by atoms with E-state index >= 15 is 0 Å². The van der Waals surface area contributed by atoms with Crippen LogP contribution >= 0.6 is 11.8 Å². The van der Waals surface area contributed by atoms with Crippen LogP contribution in [-0.4, -0.2) is 40.8 Å². The van der Waals surface area contributed by atoms with Gasteiger partial charge in [0.05, 0.1) is 12.6 Å². The fourth-order valence-electron chi connectivity index (χ4n) is 3.17. The minimum atomic E-state index is -0.348. The van der Waals surface area contributed by atoms with Gasteiger partial charge >= 0.3 is 0 Å². The van der Waals surface area contributed by atoms with Gasteiger partial charge in [0.15, 0.2) is 11.5 Å². The van der Waals surface area contributed by atoms with Crippen molar-refractivity contribution >= 4 is 17.7 Å². The van der Waals surface area contributed by atoms with E-state index in [4.69, 9.17) is 9.26 Å². The Morgan fingerprint density at radius 1 is 1.33 bits per heavy atom. The number of aliphatic hydroxyl groups excluding tert-OH is 1. The van der Waals surface area contributed by atoms with Crippen LogP contribution in [0.2, 0.25) is 0 Å². The van der Waals surface area contributed by atoms with Gasteiger partial charge in [0.1, 0.15) is 12.4 Å². The fraction of sp³-hybridized carbons (Fsp3) is 0.500. The van der Waals surface area contributed by atoms with Crippen molar-refractivity contribution in [3.63, 3.8) is 0 Å². The van der Waals surface area contributed by atoms with Crippen LogP contribution in [0.4, 0.5) is 0 Å². The SMILES string of the molecule is CSCCC(CO)NC(=O)c1cc(COc2ccc3c(c2)CCCC3)on1. The average Bonchev–Trinajstić information content (AvgIpc) is 3.18. The highest BCUT2D eigenvalue weighted by atomic mass is 32.2. The molecule has 1 heterocycles. The number of hydrogen-bond donors (Lipinski definition) is 2. The van der Waals surface area contributed by atoms with E-state index in [1.165, 1.54) is 24.0 Å². The summed E-state index contributed by atoms with van der Waals surface area (Å²) in [5, 5.41) is 15.9. The Balaban J connectivity index is 1.54. The Morgan fingerprint density at radius 3 is 2.93 bits per heavy atom. The Bertz CT molecular complexity index is 762. The monoisotopic (exact) mass is 390 g/mol. The number of benzene rings is 1. The van der Waals surface area contributed by atoms with Crippen LogP contribution < -0.4 is 10.1 Å². The van der Waals surface area contributed by atoms with E-state index in [-0.39, 0.29) is 30.9 Å². The van der Waals surface area contributed by atoms with Crippen molar-refractivity contribution in [3.05, 3.63) is 46.8 Å². The first-order chi connectivity index (χ1) is 13.2. The first kappa shape index (κ1) is 19.8. The lowest BCUT2D eigenvalue weighted by atomic mass is 9.92. The molecule has 1 aromatic carbocycles. The predicted octanol–water partition coefficient (Wildman–Crippen LogP) is 2.98. The van der Waals surface area contributed by atoms with Gasteiger partial charge in [0.2, 0.25) is 0 Å². The van der Waals surface area contributed by atoms with Crippen molar-refractivity contribution in [2.75, 3.05) is 18.6 Å². The smallest absolute Gasteiger partial charge is 0.273 e. The molecule has 2 aromatic rings. The molecule has 0 radical (unpaired) electrons. The molecular weight excluding hydrogens is 364 g/mol. The normalized spacial score (nSPS) is 14.4. The van der Waals surface area contributed by atoms with Gasteiger partial charge in [0, 0.05) is 6.07 Å². The van der Waals surface area contributed by atoms with Gasteiger partial charge in [-0.1, -0.05) is 11.2 Å². The largest absolute Gasteiger partial charge is 0.486 e. The quantitative estimate of drug-likeness (QED) is 0.685. The number of aromatic nitrogens is 1. The molecule has 7 heteroatoms. The van der Waals surface area contributed by atoms with Crippen LogP contribution in [0.3, 0.4) is 0 Å². The van der Waals surface area contributed by atoms with Crippen molar-refractivity contribution in [1.29, 1.82) is 0 Å². The molecule has 1 aliphatic rings. The van der Waals surface area contributed by atoms with E-state index in [9.17, 15) is 9.90 Å². The number of aliphatic hydroxyl groups is 1. The van der Waals surface area contributed by atoms with Gasteiger partial charge in [-0.2, -0.15) is 11.8 Å². The topological polar surface area (TPSA) is 84.6 Å². The maximum Gasteiger partial charge on any atom is 0.273 e. The third-order valence-corrected chi connectivity index (χ3v) is 5.36. The van der Waals surface area contributed by atoms with Crippen molar-refractivity contribution < 1.29 is 19.2 Å². The first-order valence-electron chi connectivity index (χ1n) is 9.30. The van der Waals surface area contributed by atoms with Gasteiger partial charge < -0.3 is 19.7 Å². The Morgan fingerprint density at radius 2 is 2.15 bits per heavy atom. The summed E-state index contributed by atoms with van der Waals surface area (Å²) in [6.45, 7) is 0.118. The number of nitrogens with zero attached hydrogens (tertiary/aromatic N) is 1. The van der Waals surface area contributed by atoms with Crippen LogP contribution in [0.15, 0.2) is 28.8 Å². The van der Waals surface area contributed by atoms with Gasteiger partial charge in [-0.25, -0.2) is 0 Å². The Hall–Kier alpha value is -1.99. The molecule has 6 nitrogen and oxygen atoms in total. The Labute approximate surface area is 163 Å². The molecule has 0 fully saturated rings. The zero-order valence-electron chi connectivity index (χ0n) is 15.6. The molecule has 0 saturated heterocycles. The van der Waals surface area contributed by atoms with Gasteiger partial charge in [0.25, 0.3) is 5.91 Å². The second-order valence-corrected chi connectivity index (χ2v) is 7.72. The standard InChI is InChI=1S/C20H26N2O4S/c1-27-9-8-16(12-23)21-20(24)19-11-18(26-22-19)13-25-17-7-6-14-4-2-3-5-15(14)10-17/h6-7,10-11,16,23H,2-5,8-9,12-13H2,1H3,(H,21,24). The van der Waals surface area contributed by atoms with Crippen molar-refractivity contribution in [3.8, 4) is 5.75 Å². The Kier molecular flexibility index (Phi) is 7.18. The molecule has 1 unspecified atom stereocenters. The van der Waals surface area contributed by atoms with Crippen LogP contribution in [0, 0.1) is 0 Å². The third kappa shape index (κ3) is 5.49. The van der Waals surface area contributed by atoms with Gasteiger partial charge in [-0.3, -0.25) is 4.79 Å². The third-order valence-electron chi connectivity index (χ3n) is 4.72. The predicted molar refractivity (Wildman–Crippen MR) is 105 cm³/mol. The van der Waals surface area contributed by atoms with E-state index < -0.39 is 0 Å². The number of amides is 1. The molecule has 1 aromatic heterocycles. The maximum atomic E-state index is 12.2. The summed E-state index contributed by atoms with van der Waals surface area (Å²) in [7, 11) is 0. The first-order valence-corrected chi connectivity index (χ1v) is 10.7. The van der Waals surface area contributed by atoms with Crippen LogP contribution in [0.1, 0.15) is 46.6 Å². The molecule has 1 atom stereocenters. The number of aryl methyl sites for hydroxylation is 2. The van der Waals surface area contributed by atoms with E-state index in [1.807, 2.05) is 12.3 Å². The highest BCUT2D eigenvalue weighted by molar-refractivity contribution is 7.98. The molecule has 27 heavy (non-hydrogen) atoms. The summed E-state index contributed by atoms with van der Waals surface area (Å²) in [5.74, 6) is 1.81. The number of hydrogen-bond acceptors (Lipinski definition) is 6. The molecule has 2 N–H and O–H groups in total. The minimum Gasteiger partial charge on any atom is -0.486 e. The zero-order valence-corrected chi connectivity index (χ0v) is 16.4. The summed E-state index contributed by atoms with van der Waals surface area (Å²) in [6.07, 6.45) is 7.41.